The molecule has 0 aromatic carbocycles. The number of likely N-dealkylation sites (tertiary alicyclic amines) is 1. The number of ether oxygens (including phenoxy) is 1. The van der Waals surface area contributed by atoms with Crippen molar-refractivity contribution in [2.75, 3.05) is 6.61 Å². The molecule has 1 aliphatic heterocycles. The molecule has 1 unspecified atom stereocenters. The smallest absolute Gasteiger partial charge is 0.328 e. The molecule has 6 atom stereocenters. The van der Waals surface area contributed by atoms with E-state index in [0.29, 0.717) is 6.42 Å². The molecular formula is C23H41N3O5. The van der Waals surface area contributed by atoms with E-state index in [1.165, 1.54) is 0 Å². The summed E-state index contributed by atoms with van der Waals surface area (Å²) in [5.41, 5.74) is -0.264. The van der Waals surface area contributed by atoms with Crippen LogP contribution < -0.4 is 10.6 Å². The third-order valence-electron chi connectivity index (χ3n) is 6.32. The van der Waals surface area contributed by atoms with E-state index >= 15 is 0 Å². The van der Waals surface area contributed by atoms with Crippen LogP contribution in [0.4, 0.5) is 0 Å². The molecule has 2 aliphatic rings. The molecule has 178 valence electrons. The second-order valence-corrected chi connectivity index (χ2v) is 9.95. The van der Waals surface area contributed by atoms with Crippen LogP contribution in [0.3, 0.4) is 0 Å². The van der Waals surface area contributed by atoms with Gasteiger partial charge in [0.15, 0.2) is 0 Å². The van der Waals surface area contributed by atoms with Gasteiger partial charge in [-0.05, 0) is 59.8 Å². The highest BCUT2D eigenvalue weighted by Crippen LogP contribution is 2.41. The third kappa shape index (κ3) is 6.19. The summed E-state index contributed by atoms with van der Waals surface area (Å²) in [4.78, 5) is 39.8. The topological polar surface area (TPSA) is 108 Å². The second kappa shape index (κ2) is 10.8. The van der Waals surface area contributed by atoms with E-state index in [-0.39, 0.29) is 42.0 Å². The van der Waals surface area contributed by atoms with Crippen LogP contribution in [0.5, 0.6) is 0 Å². The van der Waals surface area contributed by atoms with Crippen LogP contribution in [0, 0.1) is 5.92 Å². The maximum absolute atomic E-state index is 13.6. The fourth-order valence-electron chi connectivity index (χ4n) is 5.17. The number of hydrogen-bond acceptors (Lipinski definition) is 6. The number of nitrogens with one attached hydrogen (secondary N) is 2. The summed E-state index contributed by atoms with van der Waals surface area (Å²) in [6.07, 6.45) is 5.08. The van der Waals surface area contributed by atoms with Crippen molar-refractivity contribution in [1.29, 1.82) is 0 Å². The molecule has 31 heavy (non-hydrogen) atoms. The summed E-state index contributed by atoms with van der Waals surface area (Å²) in [6, 6.07) is -2.58. The van der Waals surface area contributed by atoms with Crippen molar-refractivity contribution >= 4 is 17.8 Å². The highest BCUT2D eigenvalue weighted by molar-refractivity contribution is 5.89. The van der Waals surface area contributed by atoms with Crippen LogP contribution in [0.2, 0.25) is 0 Å². The Balaban J connectivity index is 2.28. The lowest BCUT2D eigenvalue weighted by Gasteiger charge is -2.35. The molecule has 1 heterocycles. The Kier molecular flexibility index (Phi) is 8.89. The summed E-state index contributed by atoms with van der Waals surface area (Å²) in [7, 11) is 0. The number of nitrogens with zero attached hydrogens (tertiary/aromatic N) is 1. The first-order valence-corrected chi connectivity index (χ1v) is 11.8. The lowest BCUT2D eigenvalue weighted by Crippen LogP contribution is -2.58. The number of carboxylic acid groups (broad SMARTS) is 1. The molecule has 0 aromatic heterocycles. The van der Waals surface area contributed by atoms with Gasteiger partial charge in [-0.25, -0.2) is 4.79 Å². The van der Waals surface area contributed by atoms with E-state index in [0.717, 1.165) is 32.1 Å². The zero-order valence-corrected chi connectivity index (χ0v) is 19.9. The molecule has 2 fully saturated rings. The Bertz CT molecular complexity index is 648. The van der Waals surface area contributed by atoms with Crippen LogP contribution in [0.1, 0.15) is 80.1 Å². The van der Waals surface area contributed by atoms with E-state index < -0.39 is 24.1 Å². The van der Waals surface area contributed by atoms with E-state index in [4.69, 9.17) is 4.74 Å². The van der Waals surface area contributed by atoms with Crippen molar-refractivity contribution in [3.05, 3.63) is 0 Å². The SMILES string of the molecule is CCC[C@H](N[C@@H](C)C(=O)N1[C@H](C(=O)O)C(NC(C)(C)C)[C@@H]2CCCC[C@@H]21)C(=O)OCC. The summed E-state index contributed by atoms with van der Waals surface area (Å²) >= 11 is 0. The quantitative estimate of drug-likeness (QED) is 0.473. The number of hydrogen-bond donors (Lipinski definition) is 3. The fourth-order valence-corrected chi connectivity index (χ4v) is 5.17. The van der Waals surface area contributed by atoms with Crippen LogP contribution in [-0.4, -0.2) is 70.2 Å². The van der Waals surface area contributed by atoms with Crippen molar-refractivity contribution < 1.29 is 24.2 Å². The van der Waals surface area contributed by atoms with E-state index in [1.807, 2.05) is 27.7 Å². The van der Waals surface area contributed by atoms with Crippen molar-refractivity contribution in [2.24, 2.45) is 5.92 Å². The molecule has 1 amide bonds. The molecule has 0 bridgehead atoms. The third-order valence-corrected chi connectivity index (χ3v) is 6.32. The van der Waals surface area contributed by atoms with Crippen LogP contribution >= 0.6 is 0 Å². The number of carbonyl (C=O) groups excluding carboxylic acids is 2. The molecule has 8 nitrogen and oxygen atoms in total. The Morgan fingerprint density at radius 2 is 1.81 bits per heavy atom. The first-order valence-electron chi connectivity index (χ1n) is 11.8. The van der Waals surface area contributed by atoms with Gasteiger partial charge < -0.3 is 20.1 Å². The van der Waals surface area contributed by atoms with Gasteiger partial charge in [-0.3, -0.25) is 14.9 Å². The Morgan fingerprint density at radius 3 is 2.35 bits per heavy atom. The predicted octanol–water partition coefficient (Wildman–Crippen LogP) is 2.31. The number of carboxylic acids is 1. The average Bonchev–Trinajstić information content (AvgIpc) is 3.00. The van der Waals surface area contributed by atoms with Crippen molar-refractivity contribution in [2.45, 2.75) is 116 Å². The van der Waals surface area contributed by atoms with Gasteiger partial charge in [0.25, 0.3) is 0 Å². The van der Waals surface area contributed by atoms with E-state index in [9.17, 15) is 19.5 Å². The molecule has 1 saturated carbocycles. The molecule has 2 rings (SSSR count). The van der Waals surface area contributed by atoms with Gasteiger partial charge in [0.1, 0.15) is 12.1 Å². The normalized spacial score (nSPS) is 28.0. The number of carbonyl (C=O) groups is 3. The zero-order chi connectivity index (χ0) is 23.3. The van der Waals surface area contributed by atoms with Crippen molar-refractivity contribution in [1.82, 2.24) is 15.5 Å². The van der Waals surface area contributed by atoms with Crippen LogP contribution in [0.15, 0.2) is 0 Å². The average molecular weight is 440 g/mol. The van der Waals surface area contributed by atoms with Crippen LogP contribution in [0.25, 0.3) is 0 Å². The van der Waals surface area contributed by atoms with Crippen molar-refractivity contribution in [3.63, 3.8) is 0 Å². The molecular weight excluding hydrogens is 398 g/mol. The summed E-state index contributed by atoms with van der Waals surface area (Å²) in [5, 5.41) is 16.7. The molecule has 3 N–H and O–H groups in total. The van der Waals surface area contributed by atoms with E-state index in [2.05, 4.69) is 10.6 Å². The first kappa shape index (κ1) is 25.6. The lowest BCUT2D eigenvalue weighted by molar-refractivity contribution is -0.152. The summed E-state index contributed by atoms with van der Waals surface area (Å²) in [6.45, 7) is 11.8. The molecule has 1 saturated heterocycles. The van der Waals surface area contributed by atoms with Crippen molar-refractivity contribution in [3.8, 4) is 0 Å². The van der Waals surface area contributed by atoms with Gasteiger partial charge >= 0.3 is 11.9 Å². The van der Waals surface area contributed by atoms with Gasteiger partial charge in [0.05, 0.1) is 12.6 Å². The number of amides is 1. The monoisotopic (exact) mass is 439 g/mol. The largest absolute Gasteiger partial charge is 0.480 e. The number of esters is 1. The number of rotatable bonds is 9. The minimum atomic E-state index is -0.979. The summed E-state index contributed by atoms with van der Waals surface area (Å²) < 4.78 is 5.15. The molecule has 1 aliphatic carbocycles. The Hall–Kier alpha value is -1.67. The maximum atomic E-state index is 13.6. The van der Waals surface area contributed by atoms with Gasteiger partial charge in [-0.15, -0.1) is 0 Å². The first-order chi connectivity index (χ1) is 14.5. The highest BCUT2D eigenvalue weighted by atomic mass is 16.5. The minimum absolute atomic E-state index is 0.0985. The molecule has 0 aromatic rings. The lowest BCUT2D eigenvalue weighted by atomic mass is 9.81. The molecule has 0 radical (unpaired) electrons. The van der Waals surface area contributed by atoms with E-state index in [1.54, 1.807) is 18.7 Å². The highest BCUT2D eigenvalue weighted by Gasteiger charge is 2.55. The second-order valence-electron chi connectivity index (χ2n) is 9.95. The summed E-state index contributed by atoms with van der Waals surface area (Å²) in [5.74, 6) is -1.50. The standard InChI is InChI=1S/C23H41N3O5/c1-7-11-16(22(30)31-8-2)24-14(3)20(27)26-17-13-10-9-12-15(17)18(19(26)21(28)29)25-23(4,5)6/h14-19,24-25H,7-13H2,1-6H3,(H,28,29)/t14-,15+,16-,17-,18?,19-/m0/s1. The van der Waals surface area contributed by atoms with Gasteiger partial charge in [0, 0.05) is 17.6 Å². The zero-order valence-electron chi connectivity index (χ0n) is 19.9. The Morgan fingerprint density at radius 1 is 1.16 bits per heavy atom. The Labute approximate surface area is 186 Å². The number of fused-ring (bicyclic) bond motifs is 1. The van der Waals surface area contributed by atoms with Crippen LogP contribution in [-0.2, 0) is 19.1 Å². The minimum Gasteiger partial charge on any atom is -0.480 e. The van der Waals surface area contributed by atoms with Gasteiger partial charge in [-0.1, -0.05) is 26.2 Å². The fraction of sp³-hybridized carbons (Fsp3) is 0.870. The van der Waals surface area contributed by atoms with Gasteiger partial charge in [0.2, 0.25) is 5.91 Å². The van der Waals surface area contributed by atoms with Gasteiger partial charge in [-0.2, -0.15) is 0 Å². The molecule has 0 spiro atoms. The maximum Gasteiger partial charge on any atom is 0.328 e. The number of aliphatic carboxylic acids is 1. The predicted molar refractivity (Wildman–Crippen MR) is 119 cm³/mol. The molecule has 8 heteroatoms.